The Hall–Kier alpha value is -0.500. The van der Waals surface area contributed by atoms with Gasteiger partial charge in [-0.1, -0.05) is 20.3 Å². The third-order valence-electron chi connectivity index (χ3n) is 1.27. The molecule has 0 aliphatic heterocycles. The van der Waals surface area contributed by atoms with Gasteiger partial charge in [-0.2, -0.15) is 0 Å². The Labute approximate surface area is 69.2 Å². The van der Waals surface area contributed by atoms with Crippen molar-refractivity contribution < 1.29 is 10.6 Å². The molecule has 68 valence electrons. The smallest absolute Gasteiger partial charge is 0.0882 e. The molecule has 1 aliphatic carbocycles. The molecule has 0 saturated heterocycles. The first-order chi connectivity index (χ1) is 4.81. The monoisotopic (exact) mass is 160 g/mol. The highest BCUT2D eigenvalue weighted by Gasteiger charge is 1.97. The van der Waals surface area contributed by atoms with E-state index in [4.69, 9.17) is 5.11 Å². The molecule has 0 unspecified atom stereocenters. The van der Waals surface area contributed by atoms with E-state index in [0.29, 0.717) is 5.76 Å². The summed E-state index contributed by atoms with van der Waals surface area (Å²) in [7, 11) is 0. The number of aliphatic hydroxyl groups excluding tert-OH is 1. The van der Waals surface area contributed by atoms with Gasteiger partial charge in [-0.15, -0.1) is 0 Å². The molecule has 0 bridgehead atoms. The zero-order valence-corrected chi connectivity index (χ0v) is 7.56. The second-order valence-corrected chi connectivity index (χ2v) is 2.65. The van der Waals surface area contributed by atoms with Crippen LogP contribution in [0.25, 0.3) is 0 Å². The molecule has 2 nitrogen and oxygen atoms in total. The van der Waals surface area contributed by atoms with E-state index in [1.54, 1.807) is 0 Å². The zero-order valence-electron chi connectivity index (χ0n) is 7.56. The Balaban J connectivity index is 0. The molecular weight excluding hydrogens is 140 g/mol. The summed E-state index contributed by atoms with van der Waals surface area (Å²) < 4.78 is 0. The Kier molecular flexibility index (Phi) is 11.3. The molecule has 0 saturated carbocycles. The molecule has 1 aliphatic rings. The van der Waals surface area contributed by atoms with Crippen LogP contribution in [0.5, 0.6) is 0 Å². The van der Waals surface area contributed by atoms with Gasteiger partial charge < -0.3 is 10.6 Å². The van der Waals surface area contributed by atoms with Gasteiger partial charge in [0, 0.05) is 6.42 Å². The van der Waals surface area contributed by atoms with Crippen LogP contribution in [0.1, 0.15) is 46.0 Å². The Morgan fingerprint density at radius 3 is 2.09 bits per heavy atom. The van der Waals surface area contributed by atoms with E-state index in [9.17, 15) is 0 Å². The lowest BCUT2D eigenvalue weighted by Crippen LogP contribution is -1.88. The molecular formula is C9H20O2. The fourth-order valence-electron chi connectivity index (χ4n) is 0.821. The van der Waals surface area contributed by atoms with E-state index >= 15 is 0 Å². The van der Waals surface area contributed by atoms with Crippen molar-refractivity contribution in [2.75, 3.05) is 0 Å². The summed E-state index contributed by atoms with van der Waals surface area (Å²) in [6.07, 6.45) is 7.56. The van der Waals surface area contributed by atoms with Crippen LogP contribution >= 0.6 is 0 Å². The van der Waals surface area contributed by atoms with Gasteiger partial charge in [0.1, 0.15) is 0 Å². The van der Waals surface area contributed by atoms with Crippen molar-refractivity contribution in [2.45, 2.75) is 46.0 Å². The number of rotatable bonds is 0. The first kappa shape index (κ1) is 13.1. The minimum Gasteiger partial charge on any atom is -0.513 e. The lowest BCUT2D eigenvalue weighted by molar-refractivity contribution is 0.368. The van der Waals surface area contributed by atoms with Crippen LogP contribution in [-0.4, -0.2) is 10.6 Å². The van der Waals surface area contributed by atoms with Crippen molar-refractivity contribution in [1.29, 1.82) is 0 Å². The number of aliphatic hydroxyl groups is 1. The molecule has 0 aromatic carbocycles. The van der Waals surface area contributed by atoms with Gasteiger partial charge in [0.2, 0.25) is 0 Å². The van der Waals surface area contributed by atoms with Crippen LogP contribution in [-0.2, 0) is 0 Å². The van der Waals surface area contributed by atoms with Crippen molar-refractivity contribution in [3.8, 4) is 0 Å². The molecule has 0 atom stereocenters. The van der Waals surface area contributed by atoms with Crippen LogP contribution in [0.15, 0.2) is 11.8 Å². The summed E-state index contributed by atoms with van der Waals surface area (Å²) in [5, 5.41) is 8.77. The normalized spacial score (nSPS) is 15.3. The Morgan fingerprint density at radius 1 is 1.36 bits per heavy atom. The van der Waals surface area contributed by atoms with Gasteiger partial charge in [0.15, 0.2) is 0 Å². The molecule has 0 amide bonds. The second kappa shape index (κ2) is 9.50. The van der Waals surface area contributed by atoms with E-state index in [0.717, 1.165) is 12.8 Å². The summed E-state index contributed by atoms with van der Waals surface area (Å²) >= 11 is 0. The Bertz CT molecular complexity index is 97.7. The minimum absolute atomic E-state index is 0. The van der Waals surface area contributed by atoms with Gasteiger partial charge in [0.25, 0.3) is 0 Å². The van der Waals surface area contributed by atoms with Crippen molar-refractivity contribution >= 4 is 0 Å². The first-order valence-electron chi connectivity index (χ1n) is 4.19. The maximum absolute atomic E-state index is 8.77. The van der Waals surface area contributed by atoms with Crippen molar-refractivity contribution in [2.24, 2.45) is 0 Å². The topological polar surface area (TPSA) is 51.7 Å². The summed E-state index contributed by atoms with van der Waals surface area (Å²) in [5.41, 5.74) is 0. The minimum atomic E-state index is 0. The lowest BCUT2D eigenvalue weighted by atomic mass is 10.1. The molecule has 0 radical (unpaired) electrons. The van der Waals surface area contributed by atoms with Gasteiger partial charge in [-0.3, -0.25) is 0 Å². The lowest BCUT2D eigenvalue weighted by Gasteiger charge is -2.04. The van der Waals surface area contributed by atoms with Crippen LogP contribution in [0, 0.1) is 0 Å². The predicted molar refractivity (Wildman–Crippen MR) is 48.8 cm³/mol. The molecule has 0 fully saturated rings. The average Bonchev–Trinajstić information content (AvgIpc) is 1.91. The van der Waals surface area contributed by atoms with E-state index in [1.807, 2.05) is 6.08 Å². The maximum Gasteiger partial charge on any atom is 0.0882 e. The fourth-order valence-corrected chi connectivity index (χ4v) is 0.821. The zero-order chi connectivity index (χ0) is 7.82. The van der Waals surface area contributed by atoms with E-state index in [2.05, 4.69) is 13.8 Å². The van der Waals surface area contributed by atoms with Gasteiger partial charge in [0.05, 0.1) is 5.76 Å². The molecule has 11 heavy (non-hydrogen) atoms. The third kappa shape index (κ3) is 9.50. The maximum atomic E-state index is 8.77. The number of hydrogen-bond acceptors (Lipinski definition) is 1. The quantitative estimate of drug-likeness (QED) is 0.581. The second-order valence-electron chi connectivity index (χ2n) is 2.65. The first-order valence-corrected chi connectivity index (χ1v) is 4.19. The summed E-state index contributed by atoms with van der Waals surface area (Å²) in [5.74, 6) is 0.589. The van der Waals surface area contributed by atoms with Crippen LogP contribution in [0.3, 0.4) is 0 Å². The van der Waals surface area contributed by atoms with Crippen molar-refractivity contribution in [3.63, 3.8) is 0 Å². The van der Waals surface area contributed by atoms with Crippen LogP contribution < -0.4 is 0 Å². The highest BCUT2D eigenvalue weighted by Crippen LogP contribution is 2.13. The molecule has 0 heterocycles. The molecule has 2 heteroatoms. The molecule has 3 N–H and O–H groups in total. The number of allylic oxidation sites excluding steroid dienone is 2. The molecule has 0 aromatic rings. The summed E-state index contributed by atoms with van der Waals surface area (Å²) in [4.78, 5) is 0. The van der Waals surface area contributed by atoms with Crippen LogP contribution in [0.2, 0.25) is 0 Å². The molecule has 1 rings (SSSR count). The number of hydrogen-bond donors (Lipinski definition) is 1. The highest BCUT2D eigenvalue weighted by atomic mass is 16.3. The standard InChI is InChI=1S/C6H10O.C3H8.H2O/c7-6-4-2-1-3-5-6;1-3-2;/h4,7H,1-3,5H2;3H2,1-2H3;1H2. The molecule has 0 spiro atoms. The van der Waals surface area contributed by atoms with Crippen molar-refractivity contribution in [1.82, 2.24) is 0 Å². The summed E-state index contributed by atoms with van der Waals surface area (Å²) in [6, 6.07) is 0. The predicted octanol–water partition coefficient (Wildman–Crippen LogP) is 2.59. The van der Waals surface area contributed by atoms with Crippen molar-refractivity contribution in [3.05, 3.63) is 11.8 Å². The highest BCUT2D eigenvalue weighted by molar-refractivity contribution is 4.93. The van der Waals surface area contributed by atoms with E-state index in [1.165, 1.54) is 19.3 Å². The van der Waals surface area contributed by atoms with Gasteiger partial charge in [-0.05, 0) is 25.3 Å². The third-order valence-corrected chi connectivity index (χ3v) is 1.27. The average molecular weight is 160 g/mol. The van der Waals surface area contributed by atoms with Gasteiger partial charge >= 0.3 is 0 Å². The molecule has 0 aromatic heterocycles. The largest absolute Gasteiger partial charge is 0.513 e. The fraction of sp³-hybridized carbons (Fsp3) is 0.778. The van der Waals surface area contributed by atoms with Crippen LogP contribution in [0.4, 0.5) is 0 Å². The van der Waals surface area contributed by atoms with E-state index in [-0.39, 0.29) is 5.48 Å². The Morgan fingerprint density at radius 2 is 1.91 bits per heavy atom. The summed E-state index contributed by atoms with van der Waals surface area (Å²) in [6.45, 7) is 4.25. The van der Waals surface area contributed by atoms with Gasteiger partial charge in [-0.25, -0.2) is 0 Å². The SMILES string of the molecule is CCC.O.OC1=CCCCC1. The van der Waals surface area contributed by atoms with E-state index < -0.39 is 0 Å².